The van der Waals surface area contributed by atoms with Crippen LogP contribution in [0.25, 0.3) is 0 Å². The predicted octanol–water partition coefficient (Wildman–Crippen LogP) is 2.30. The zero-order chi connectivity index (χ0) is 12.1. The van der Waals surface area contributed by atoms with Crippen molar-refractivity contribution in [3.63, 3.8) is 0 Å². The van der Waals surface area contributed by atoms with E-state index in [-0.39, 0.29) is 18.3 Å². The molecule has 0 aromatic carbocycles. The van der Waals surface area contributed by atoms with Gasteiger partial charge in [-0.15, -0.1) is 12.4 Å². The van der Waals surface area contributed by atoms with E-state index in [1.807, 2.05) is 4.90 Å². The molecular weight excluding hydrogens is 236 g/mol. The number of piperidine rings is 1. The fourth-order valence-corrected chi connectivity index (χ4v) is 2.43. The molecule has 1 amide bonds. The normalized spacial score (nSPS) is 24.3. The van der Waals surface area contributed by atoms with Gasteiger partial charge >= 0.3 is 0 Å². The van der Waals surface area contributed by atoms with Gasteiger partial charge in [0.05, 0.1) is 0 Å². The number of nitrogens with one attached hydrogen (secondary N) is 1. The molecule has 1 rings (SSSR count). The topological polar surface area (TPSA) is 32.3 Å². The summed E-state index contributed by atoms with van der Waals surface area (Å²) in [4.78, 5) is 14.3. The molecule has 0 aliphatic carbocycles. The number of nitrogens with zero attached hydrogens (tertiary/aromatic N) is 1. The third-order valence-corrected chi connectivity index (χ3v) is 3.25. The minimum absolute atomic E-state index is 0. The molecule has 0 saturated carbocycles. The lowest BCUT2D eigenvalue weighted by atomic mass is 9.91. The molecule has 1 fully saturated rings. The summed E-state index contributed by atoms with van der Waals surface area (Å²) in [5.41, 5.74) is 0. The second kappa shape index (κ2) is 7.93. The highest BCUT2D eigenvalue weighted by Gasteiger charge is 2.27. The summed E-state index contributed by atoms with van der Waals surface area (Å²) in [6, 6.07) is 0.487. The molecule has 0 spiro atoms. The molecule has 1 N–H and O–H groups in total. The van der Waals surface area contributed by atoms with Crippen molar-refractivity contribution in [1.29, 1.82) is 0 Å². The summed E-state index contributed by atoms with van der Waals surface area (Å²) >= 11 is 0. The van der Waals surface area contributed by atoms with Crippen LogP contribution in [0.1, 0.15) is 40.5 Å². The van der Waals surface area contributed by atoms with Crippen molar-refractivity contribution < 1.29 is 4.79 Å². The number of carbonyl (C=O) groups excluding carboxylic acids is 1. The van der Waals surface area contributed by atoms with Crippen LogP contribution in [0.3, 0.4) is 0 Å². The monoisotopic (exact) mass is 262 g/mol. The average molecular weight is 263 g/mol. The second-order valence-corrected chi connectivity index (χ2v) is 5.35. The van der Waals surface area contributed by atoms with E-state index < -0.39 is 0 Å². The van der Waals surface area contributed by atoms with E-state index in [1.165, 1.54) is 0 Å². The molecule has 102 valence electrons. The number of hydrogen-bond donors (Lipinski definition) is 1. The maximum Gasteiger partial charge on any atom is 0.225 e. The third-order valence-electron chi connectivity index (χ3n) is 3.25. The maximum atomic E-state index is 12.3. The first kappa shape index (κ1) is 16.7. The van der Waals surface area contributed by atoms with Gasteiger partial charge < -0.3 is 10.2 Å². The number of rotatable bonds is 4. The van der Waals surface area contributed by atoms with E-state index in [4.69, 9.17) is 0 Å². The Hall–Kier alpha value is -0.280. The van der Waals surface area contributed by atoms with Crippen molar-refractivity contribution in [2.24, 2.45) is 11.8 Å². The Morgan fingerprint density at radius 1 is 1.47 bits per heavy atom. The molecule has 1 heterocycles. The van der Waals surface area contributed by atoms with Crippen LogP contribution >= 0.6 is 12.4 Å². The standard InChI is InChI=1S/C13H26N2O.ClH/c1-5-15(9-10(2)3)13(16)12-6-7-14-11(4)8-12;/h10-12,14H,5-9H2,1-4H3;1H/t11-,12-;/m0./s1. The Labute approximate surface area is 112 Å². The van der Waals surface area contributed by atoms with Gasteiger partial charge in [-0.05, 0) is 39.2 Å². The molecule has 1 saturated heterocycles. The quantitative estimate of drug-likeness (QED) is 0.843. The lowest BCUT2D eigenvalue weighted by molar-refractivity contribution is -0.137. The Bertz CT molecular complexity index is 227. The van der Waals surface area contributed by atoms with Crippen molar-refractivity contribution >= 4 is 18.3 Å². The van der Waals surface area contributed by atoms with E-state index in [0.29, 0.717) is 17.9 Å². The zero-order valence-corrected chi connectivity index (χ0v) is 12.3. The van der Waals surface area contributed by atoms with Gasteiger partial charge in [0.25, 0.3) is 0 Å². The molecule has 3 nitrogen and oxygen atoms in total. The smallest absolute Gasteiger partial charge is 0.225 e. The van der Waals surface area contributed by atoms with Gasteiger partial charge in [0.1, 0.15) is 0 Å². The Morgan fingerprint density at radius 3 is 2.59 bits per heavy atom. The Kier molecular flexibility index (Phi) is 7.80. The largest absolute Gasteiger partial charge is 0.342 e. The Balaban J connectivity index is 0.00000256. The summed E-state index contributed by atoms with van der Waals surface area (Å²) < 4.78 is 0. The molecule has 0 bridgehead atoms. The molecule has 1 aliphatic rings. The van der Waals surface area contributed by atoms with E-state index in [1.54, 1.807) is 0 Å². The van der Waals surface area contributed by atoms with Crippen LogP contribution in [0.4, 0.5) is 0 Å². The molecule has 0 unspecified atom stereocenters. The van der Waals surface area contributed by atoms with Crippen LogP contribution in [0.15, 0.2) is 0 Å². The summed E-state index contributed by atoms with van der Waals surface area (Å²) in [5, 5.41) is 3.39. The number of carbonyl (C=O) groups is 1. The van der Waals surface area contributed by atoms with Crippen molar-refractivity contribution in [2.45, 2.75) is 46.6 Å². The molecular formula is C13H27ClN2O. The number of hydrogen-bond acceptors (Lipinski definition) is 2. The summed E-state index contributed by atoms with van der Waals surface area (Å²) in [7, 11) is 0. The molecule has 0 aromatic rings. The first-order chi connectivity index (χ1) is 7.54. The van der Waals surface area contributed by atoms with Crippen LogP contribution in [0.5, 0.6) is 0 Å². The lowest BCUT2D eigenvalue weighted by Gasteiger charge is -2.32. The fourth-order valence-electron chi connectivity index (χ4n) is 2.43. The van der Waals surface area contributed by atoms with Gasteiger partial charge in [-0.1, -0.05) is 13.8 Å². The van der Waals surface area contributed by atoms with Crippen molar-refractivity contribution in [2.75, 3.05) is 19.6 Å². The first-order valence-electron chi connectivity index (χ1n) is 6.56. The molecule has 2 atom stereocenters. The van der Waals surface area contributed by atoms with Gasteiger partial charge in [0.15, 0.2) is 0 Å². The maximum absolute atomic E-state index is 12.3. The van der Waals surface area contributed by atoms with Crippen LogP contribution in [0, 0.1) is 11.8 Å². The fraction of sp³-hybridized carbons (Fsp3) is 0.923. The highest BCUT2D eigenvalue weighted by Crippen LogP contribution is 2.19. The predicted molar refractivity (Wildman–Crippen MR) is 74.5 cm³/mol. The van der Waals surface area contributed by atoms with Crippen molar-refractivity contribution in [1.82, 2.24) is 10.2 Å². The van der Waals surface area contributed by atoms with Gasteiger partial charge in [-0.25, -0.2) is 0 Å². The summed E-state index contributed by atoms with van der Waals surface area (Å²) in [5.74, 6) is 1.17. The van der Waals surface area contributed by atoms with Gasteiger partial charge in [0.2, 0.25) is 5.91 Å². The van der Waals surface area contributed by atoms with Gasteiger partial charge in [0, 0.05) is 25.0 Å². The Morgan fingerprint density at radius 2 is 2.12 bits per heavy atom. The van der Waals surface area contributed by atoms with Crippen LogP contribution in [-0.4, -0.2) is 36.5 Å². The third kappa shape index (κ3) is 5.26. The first-order valence-corrected chi connectivity index (χ1v) is 6.56. The minimum atomic E-state index is 0. The average Bonchev–Trinajstić information content (AvgIpc) is 2.24. The van der Waals surface area contributed by atoms with E-state index in [0.717, 1.165) is 32.5 Å². The van der Waals surface area contributed by atoms with Crippen molar-refractivity contribution in [3.05, 3.63) is 0 Å². The van der Waals surface area contributed by atoms with Crippen molar-refractivity contribution in [3.8, 4) is 0 Å². The lowest BCUT2D eigenvalue weighted by Crippen LogP contribution is -2.45. The van der Waals surface area contributed by atoms with Gasteiger partial charge in [-0.2, -0.15) is 0 Å². The van der Waals surface area contributed by atoms with Crippen LogP contribution < -0.4 is 5.32 Å². The minimum Gasteiger partial charge on any atom is -0.342 e. The number of halogens is 1. The van der Waals surface area contributed by atoms with Crippen LogP contribution in [-0.2, 0) is 4.79 Å². The van der Waals surface area contributed by atoms with E-state index in [2.05, 4.69) is 33.0 Å². The van der Waals surface area contributed by atoms with E-state index in [9.17, 15) is 4.79 Å². The summed E-state index contributed by atoms with van der Waals surface area (Å²) in [6.45, 7) is 11.3. The molecule has 0 radical (unpaired) electrons. The molecule has 0 aromatic heterocycles. The van der Waals surface area contributed by atoms with Gasteiger partial charge in [-0.3, -0.25) is 4.79 Å². The SMILES string of the molecule is CCN(CC(C)C)C(=O)[C@H]1CCN[C@@H](C)C1.Cl. The van der Waals surface area contributed by atoms with E-state index >= 15 is 0 Å². The number of amides is 1. The van der Waals surface area contributed by atoms with Crippen LogP contribution in [0.2, 0.25) is 0 Å². The molecule has 4 heteroatoms. The summed E-state index contributed by atoms with van der Waals surface area (Å²) in [6.07, 6.45) is 1.99. The molecule has 1 aliphatic heterocycles. The highest BCUT2D eigenvalue weighted by atomic mass is 35.5. The zero-order valence-electron chi connectivity index (χ0n) is 11.5. The second-order valence-electron chi connectivity index (χ2n) is 5.35. The highest BCUT2D eigenvalue weighted by molar-refractivity contribution is 5.85. The molecule has 17 heavy (non-hydrogen) atoms.